The Bertz CT molecular complexity index is 1070. The van der Waals surface area contributed by atoms with E-state index in [1.165, 1.54) is 18.1 Å². The zero-order valence-corrected chi connectivity index (χ0v) is 18.5. The summed E-state index contributed by atoms with van der Waals surface area (Å²) in [6, 6.07) is 8.72. The van der Waals surface area contributed by atoms with Crippen LogP contribution in [0.5, 0.6) is 0 Å². The fraction of sp³-hybridized carbons (Fsp3) is 0.577. The van der Waals surface area contributed by atoms with Crippen LogP contribution in [0.3, 0.4) is 0 Å². The number of likely N-dealkylation sites (tertiary alicyclic amines) is 1. The highest BCUT2D eigenvalue weighted by Crippen LogP contribution is 2.65. The van der Waals surface area contributed by atoms with Crippen LogP contribution in [-0.2, 0) is 14.3 Å². The number of amides is 1. The molecular formula is C26H30N2O3. The van der Waals surface area contributed by atoms with Crippen LogP contribution in [0.4, 0.5) is 0 Å². The lowest BCUT2D eigenvalue weighted by atomic mass is 9.47. The van der Waals surface area contributed by atoms with Crippen molar-refractivity contribution in [2.45, 2.75) is 58.0 Å². The summed E-state index contributed by atoms with van der Waals surface area (Å²) in [5.74, 6) is 1.61. The zero-order valence-electron chi connectivity index (χ0n) is 18.5. The third-order valence-corrected chi connectivity index (χ3v) is 8.92. The van der Waals surface area contributed by atoms with Gasteiger partial charge in [0.15, 0.2) is 0 Å². The molecule has 2 heterocycles. The first kappa shape index (κ1) is 19.3. The summed E-state index contributed by atoms with van der Waals surface area (Å²) in [4.78, 5) is 32.7. The van der Waals surface area contributed by atoms with Crippen molar-refractivity contribution in [2.75, 3.05) is 7.11 Å². The number of carbonyl (C=O) groups excluding carboxylic acids is 2. The number of fused-ring (bicyclic) bond motifs is 1. The van der Waals surface area contributed by atoms with Gasteiger partial charge in [0.2, 0.25) is 5.91 Å². The molecule has 1 amide bonds. The average molecular weight is 419 g/mol. The van der Waals surface area contributed by atoms with Gasteiger partial charge in [0, 0.05) is 23.8 Å². The molecule has 1 aromatic carbocycles. The predicted octanol–water partition coefficient (Wildman–Crippen LogP) is 4.51. The van der Waals surface area contributed by atoms with Gasteiger partial charge in [-0.2, -0.15) is 0 Å². The second-order valence-corrected chi connectivity index (χ2v) is 11.0. The van der Waals surface area contributed by atoms with Crippen LogP contribution in [0, 0.1) is 28.6 Å². The van der Waals surface area contributed by atoms with Crippen LogP contribution in [0.2, 0.25) is 0 Å². The number of hydrogen-bond acceptors (Lipinski definition) is 4. The molecule has 0 N–H and O–H groups in total. The number of hydrogen-bond donors (Lipinski definition) is 0. The third kappa shape index (κ3) is 2.46. The molecule has 0 spiro atoms. The lowest BCUT2D eigenvalue weighted by Crippen LogP contribution is -2.70. The molecule has 5 heteroatoms. The second kappa shape index (κ2) is 6.30. The monoisotopic (exact) mass is 418 g/mol. The highest BCUT2D eigenvalue weighted by molar-refractivity contribution is 5.94. The van der Waals surface area contributed by atoms with Gasteiger partial charge >= 0.3 is 5.97 Å². The summed E-state index contributed by atoms with van der Waals surface area (Å²) in [7, 11) is 1.52. The van der Waals surface area contributed by atoms with Crippen LogP contribution in [0.25, 0.3) is 10.8 Å². The number of carbonyl (C=O) groups is 2. The summed E-state index contributed by atoms with van der Waals surface area (Å²) in [6.07, 6.45) is 8.72. The molecule has 1 aliphatic heterocycles. The Morgan fingerprint density at radius 1 is 1.13 bits per heavy atom. The van der Waals surface area contributed by atoms with E-state index in [2.05, 4.69) is 48.0 Å². The Hall–Kier alpha value is -2.43. The number of ether oxygens (including phenoxy) is 1. The van der Waals surface area contributed by atoms with E-state index in [9.17, 15) is 9.59 Å². The normalized spacial score (nSPS) is 37.7. The first-order chi connectivity index (χ1) is 14.9. The predicted molar refractivity (Wildman–Crippen MR) is 117 cm³/mol. The topological polar surface area (TPSA) is 59.5 Å². The molecule has 4 saturated carbocycles. The average Bonchev–Trinajstić information content (AvgIpc) is 2.76. The second-order valence-electron chi connectivity index (χ2n) is 11.0. The van der Waals surface area contributed by atoms with Crippen LogP contribution < -0.4 is 0 Å². The Labute approximate surface area is 183 Å². The molecule has 4 aliphatic carbocycles. The molecule has 0 radical (unpaired) electrons. The maximum Gasteiger partial charge on any atom is 0.311 e. The van der Waals surface area contributed by atoms with Gasteiger partial charge in [-0.1, -0.05) is 18.2 Å². The smallest absolute Gasteiger partial charge is 0.311 e. The van der Waals surface area contributed by atoms with Gasteiger partial charge in [0.05, 0.1) is 24.0 Å². The summed E-state index contributed by atoms with van der Waals surface area (Å²) in [5.41, 5.74) is 0.485. The summed E-state index contributed by atoms with van der Waals surface area (Å²) in [6.45, 7) is 4.17. The molecule has 4 bridgehead atoms. The number of benzene rings is 1. The molecule has 5 aliphatic rings. The van der Waals surface area contributed by atoms with E-state index in [-0.39, 0.29) is 29.4 Å². The summed E-state index contributed by atoms with van der Waals surface area (Å²) >= 11 is 0. The molecule has 162 valence electrons. The van der Waals surface area contributed by atoms with Gasteiger partial charge < -0.3 is 9.64 Å². The molecule has 1 aromatic heterocycles. The highest BCUT2D eigenvalue weighted by atomic mass is 16.5. The van der Waals surface area contributed by atoms with Crippen molar-refractivity contribution in [3.63, 3.8) is 0 Å². The number of nitrogens with zero attached hydrogens (tertiary/aromatic N) is 2. The lowest BCUT2D eigenvalue weighted by molar-refractivity contribution is -0.203. The number of β-lactam (4-membered cyclic amide) rings is 1. The number of methoxy groups -OCH3 is 1. The Kier molecular flexibility index (Phi) is 3.92. The molecular weight excluding hydrogens is 388 g/mol. The summed E-state index contributed by atoms with van der Waals surface area (Å²) < 4.78 is 5.24. The van der Waals surface area contributed by atoms with Crippen LogP contribution >= 0.6 is 0 Å². The SMILES string of the molecule is COC(=O)[C@]12CC3CC(C1)[C@@H](N1C(=O)C(C)(C)C1c1cccc4cnccc14)[C@@H](C3)C2. The molecule has 2 aromatic rings. The van der Waals surface area contributed by atoms with Crippen LogP contribution in [-0.4, -0.2) is 34.9 Å². The van der Waals surface area contributed by atoms with Crippen molar-refractivity contribution in [3.05, 3.63) is 42.2 Å². The van der Waals surface area contributed by atoms with E-state index in [1.54, 1.807) is 0 Å². The Morgan fingerprint density at radius 2 is 1.87 bits per heavy atom. The largest absolute Gasteiger partial charge is 0.469 e. The van der Waals surface area contributed by atoms with Crippen molar-refractivity contribution < 1.29 is 14.3 Å². The van der Waals surface area contributed by atoms with E-state index < -0.39 is 5.41 Å². The first-order valence-electron chi connectivity index (χ1n) is 11.6. The standard InChI is InChI=1S/C26H30N2O3/c1-25(2)22(20-6-4-5-16-14-27-8-7-19(16)20)28(23(25)29)21-17-9-15-10-18(21)13-26(11-15,12-17)24(30)31-3/h4-8,14-15,17-18,21-22H,9-13H2,1-3H3/t15?,17-,18?,21-,22?,26-/m0/s1. The third-order valence-electron chi connectivity index (χ3n) is 8.92. The minimum atomic E-state index is -0.424. The quantitative estimate of drug-likeness (QED) is 0.543. The Balaban J connectivity index is 1.41. The Morgan fingerprint density at radius 3 is 2.58 bits per heavy atom. The maximum atomic E-state index is 13.5. The summed E-state index contributed by atoms with van der Waals surface area (Å²) in [5, 5.41) is 2.30. The fourth-order valence-electron chi connectivity index (χ4n) is 8.00. The lowest BCUT2D eigenvalue weighted by Gasteiger charge is -2.66. The van der Waals surface area contributed by atoms with Gasteiger partial charge in [0.1, 0.15) is 0 Å². The number of esters is 1. The van der Waals surface area contributed by atoms with Crippen molar-refractivity contribution in [2.24, 2.45) is 28.6 Å². The van der Waals surface area contributed by atoms with Crippen LogP contribution in [0.15, 0.2) is 36.7 Å². The van der Waals surface area contributed by atoms with E-state index in [0.29, 0.717) is 17.8 Å². The van der Waals surface area contributed by atoms with E-state index in [4.69, 9.17) is 4.74 Å². The molecule has 5 fully saturated rings. The molecule has 1 saturated heterocycles. The highest BCUT2D eigenvalue weighted by Gasteiger charge is 2.66. The molecule has 7 rings (SSSR count). The molecule has 6 atom stereocenters. The van der Waals surface area contributed by atoms with E-state index in [0.717, 1.165) is 37.5 Å². The zero-order chi connectivity index (χ0) is 21.5. The van der Waals surface area contributed by atoms with E-state index >= 15 is 0 Å². The van der Waals surface area contributed by atoms with Crippen molar-refractivity contribution >= 4 is 22.6 Å². The molecule has 3 unspecified atom stereocenters. The number of pyridine rings is 1. The van der Waals surface area contributed by atoms with E-state index in [1.807, 2.05) is 12.4 Å². The minimum Gasteiger partial charge on any atom is -0.469 e. The van der Waals surface area contributed by atoms with Gasteiger partial charge in [-0.25, -0.2) is 0 Å². The van der Waals surface area contributed by atoms with Crippen molar-refractivity contribution in [3.8, 4) is 0 Å². The number of rotatable bonds is 3. The minimum absolute atomic E-state index is 0.0290. The number of aromatic nitrogens is 1. The van der Waals surface area contributed by atoms with Gasteiger partial charge in [-0.3, -0.25) is 14.6 Å². The first-order valence-corrected chi connectivity index (χ1v) is 11.6. The van der Waals surface area contributed by atoms with Gasteiger partial charge in [0.25, 0.3) is 0 Å². The molecule has 31 heavy (non-hydrogen) atoms. The van der Waals surface area contributed by atoms with Crippen molar-refractivity contribution in [1.82, 2.24) is 9.88 Å². The fourth-order valence-corrected chi connectivity index (χ4v) is 8.00. The van der Waals surface area contributed by atoms with Crippen molar-refractivity contribution in [1.29, 1.82) is 0 Å². The van der Waals surface area contributed by atoms with Crippen LogP contribution in [0.1, 0.15) is 57.6 Å². The maximum absolute atomic E-state index is 13.5. The van der Waals surface area contributed by atoms with Gasteiger partial charge in [-0.05, 0) is 80.7 Å². The molecule has 5 nitrogen and oxygen atoms in total. The van der Waals surface area contributed by atoms with Gasteiger partial charge in [-0.15, -0.1) is 0 Å².